The Balaban J connectivity index is 1.78. The summed E-state index contributed by atoms with van der Waals surface area (Å²) >= 11 is 1.21. The molecule has 0 aliphatic rings. The van der Waals surface area contributed by atoms with E-state index in [1.807, 2.05) is 0 Å². The van der Waals surface area contributed by atoms with Crippen LogP contribution in [0.15, 0.2) is 47.8 Å². The third-order valence-electron chi connectivity index (χ3n) is 4.44. The summed E-state index contributed by atoms with van der Waals surface area (Å²) in [6, 6.07) is 11.3. The summed E-state index contributed by atoms with van der Waals surface area (Å²) in [5.41, 5.74) is 1.18. The molecule has 0 spiro atoms. The summed E-state index contributed by atoms with van der Waals surface area (Å²) < 4.78 is 10.6. The zero-order valence-corrected chi connectivity index (χ0v) is 17.8. The van der Waals surface area contributed by atoms with Gasteiger partial charge in [0.25, 0.3) is 5.69 Å². The van der Waals surface area contributed by atoms with E-state index < -0.39 is 10.9 Å². The van der Waals surface area contributed by atoms with Crippen LogP contribution in [-0.4, -0.2) is 28.9 Å². The third-order valence-corrected chi connectivity index (χ3v) is 5.32. The zero-order valence-electron chi connectivity index (χ0n) is 17.0. The van der Waals surface area contributed by atoms with Crippen LogP contribution in [0, 0.1) is 17.0 Å². The lowest BCUT2D eigenvalue weighted by atomic mass is 10.1. The third kappa shape index (κ3) is 4.69. The van der Waals surface area contributed by atoms with Crippen LogP contribution in [0.5, 0.6) is 5.75 Å². The topological polar surface area (TPSA) is 112 Å². The fourth-order valence-electron chi connectivity index (χ4n) is 2.95. The fourth-order valence-corrected chi connectivity index (χ4v) is 3.81. The van der Waals surface area contributed by atoms with E-state index >= 15 is 0 Å². The van der Waals surface area contributed by atoms with Crippen molar-refractivity contribution in [3.63, 3.8) is 0 Å². The number of esters is 1. The molecule has 0 N–H and O–H groups in total. The van der Waals surface area contributed by atoms with Crippen LogP contribution >= 0.6 is 11.3 Å². The Morgan fingerprint density at radius 2 is 1.94 bits per heavy atom. The number of rotatable bonds is 7. The molecule has 0 aliphatic heterocycles. The minimum Gasteiger partial charge on any atom is -0.495 e. The van der Waals surface area contributed by atoms with Crippen molar-refractivity contribution in [2.24, 2.45) is 0 Å². The van der Waals surface area contributed by atoms with E-state index in [0.717, 1.165) is 0 Å². The molecular weight excluding hydrogens is 422 g/mol. The Hall–Kier alpha value is -3.79. The summed E-state index contributed by atoms with van der Waals surface area (Å²) in [4.78, 5) is 41.0. The number of amides is 1. The van der Waals surface area contributed by atoms with Crippen molar-refractivity contribution in [2.45, 2.75) is 20.5 Å². The van der Waals surface area contributed by atoms with Crippen molar-refractivity contribution in [1.29, 1.82) is 0 Å². The van der Waals surface area contributed by atoms with Gasteiger partial charge in [0, 0.05) is 23.9 Å². The first-order chi connectivity index (χ1) is 14.8. The highest BCUT2D eigenvalue weighted by Crippen LogP contribution is 2.35. The number of aromatic nitrogens is 1. The molecule has 31 heavy (non-hydrogen) atoms. The lowest BCUT2D eigenvalue weighted by Gasteiger charge is -2.20. The molecule has 2 aromatic carbocycles. The monoisotopic (exact) mass is 441 g/mol. The number of hydrogen-bond acceptors (Lipinski definition) is 8. The normalized spacial score (nSPS) is 10.4. The van der Waals surface area contributed by atoms with Gasteiger partial charge in [-0.05, 0) is 25.1 Å². The van der Waals surface area contributed by atoms with Crippen LogP contribution in [0.4, 0.5) is 16.5 Å². The number of anilines is 2. The van der Waals surface area contributed by atoms with E-state index in [9.17, 15) is 19.7 Å². The van der Waals surface area contributed by atoms with Crippen LogP contribution < -0.4 is 9.64 Å². The Bertz CT molecular complexity index is 1140. The number of carbonyl (C=O) groups is 2. The minimum absolute atomic E-state index is 0.115. The summed E-state index contributed by atoms with van der Waals surface area (Å²) in [6.07, 6.45) is 0. The van der Waals surface area contributed by atoms with Crippen LogP contribution in [-0.2, 0) is 16.1 Å². The molecule has 9 nitrogen and oxygen atoms in total. The van der Waals surface area contributed by atoms with Crippen molar-refractivity contribution in [1.82, 2.24) is 4.98 Å². The van der Waals surface area contributed by atoms with Gasteiger partial charge in [0.1, 0.15) is 12.4 Å². The Morgan fingerprint density at radius 3 is 2.61 bits per heavy atom. The highest BCUT2D eigenvalue weighted by Gasteiger charge is 2.22. The van der Waals surface area contributed by atoms with Gasteiger partial charge >= 0.3 is 5.97 Å². The van der Waals surface area contributed by atoms with Crippen LogP contribution in [0.2, 0.25) is 0 Å². The van der Waals surface area contributed by atoms with E-state index in [2.05, 4.69) is 4.98 Å². The molecule has 0 saturated carbocycles. The number of thiazole rings is 1. The molecule has 1 amide bonds. The lowest BCUT2D eigenvalue weighted by Crippen LogP contribution is -2.23. The van der Waals surface area contributed by atoms with E-state index in [4.69, 9.17) is 9.47 Å². The zero-order chi connectivity index (χ0) is 22.5. The second-order valence-electron chi connectivity index (χ2n) is 6.43. The first kappa shape index (κ1) is 21.9. The number of benzene rings is 2. The van der Waals surface area contributed by atoms with Crippen LogP contribution in [0.25, 0.3) is 0 Å². The smallest absolute Gasteiger partial charge is 0.339 e. The van der Waals surface area contributed by atoms with Gasteiger partial charge in [-0.2, -0.15) is 0 Å². The largest absolute Gasteiger partial charge is 0.495 e. The fraction of sp³-hybridized carbons (Fsp3) is 0.190. The van der Waals surface area contributed by atoms with E-state index in [-0.39, 0.29) is 29.3 Å². The summed E-state index contributed by atoms with van der Waals surface area (Å²) in [5, 5.41) is 13.1. The molecule has 0 saturated heterocycles. The van der Waals surface area contributed by atoms with E-state index in [1.54, 1.807) is 29.6 Å². The molecule has 3 aromatic rings. The molecule has 0 bridgehead atoms. The highest BCUT2D eigenvalue weighted by molar-refractivity contribution is 7.14. The molecule has 0 unspecified atom stereocenters. The van der Waals surface area contributed by atoms with Crippen molar-refractivity contribution in [3.05, 3.63) is 74.8 Å². The number of para-hydroxylation sites is 2. The molecule has 1 heterocycles. The average molecular weight is 441 g/mol. The number of nitro groups is 1. The summed E-state index contributed by atoms with van der Waals surface area (Å²) in [5.74, 6) is -0.430. The molecule has 160 valence electrons. The first-order valence-corrected chi connectivity index (χ1v) is 10.0. The van der Waals surface area contributed by atoms with Crippen molar-refractivity contribution in [3.8, 4) is 5.75 Å². The maximum Gasteiger partial charge on any atom is 0.339 e. The molecule has 0 aliphatic carbocycles. The van der Waals surface area contributed by atoms with Crippen molar-refractivity contribution < 1.29 is 24.0 Å². The number of ether oxygens (including phenoxy) is 2. The Labute approximate surface area is 182 Å². The summed E-state index contributed by atoms with van der Waals surface area (Å²) in [7, 11) is 1.51. The minimum atomic E-state index is -0.691. The number of methoxy groups -OCH3 is 1. The predicted octanol–water partition coefficient (Wildman–Crippen LogP) is 4.41. The number of nitrogens with zero attached hydrogens (tertiary/aromatic N) is 3. The highest BCUT2D eigenvalue weighted by atomic mass is 32.1. The predicted molar refractivity (Wildman–Crippen MR) is 115 cm³/mol. The SMILES string of the molecule is COc1ccccc1N(C(C)=O)c1nc(COC(=O)c2cccc([N+](=O)[O-])c2C)cs1. The standard InChI is InChI=1S/C21H19N3O6S/c1-13-16(7-6-9-17(13)24(27)28)20(26)30-11-15-12-31-21(22-15)23(14(2)25)18-8-4-5-10-19(18)29-3/h4-10,12H,11H2,1-3H3. The maximum absolute atomic E-state index is 12.4. The van der Waals surface area contributed by atoms with Gasteiger partial charge in [-0.3, -0.25) is 19.8 Å². The molecule has 10 heteroatoms. The first-order valence-electron chi connectivity index (χ1n) is 9.12. The van der Waals surface area contributed by atoms with Gasteiger partial charge < -0.3 is 9.47 Å². The van der Waals surface area contributed by atoms with Gasteiger partial charge in [0.15, 0.2) is 5.13 Å². The molecule has 0 radical (unpaired) electrons. The Kier molecular flexibility index (Phi) is 6.61. The Morgan fingerprint density at radius 1 is 1.19 bits per heavy atom. The van der Waals surface area contributed by atoms with Crippen molar-refractivity contribution >= 4 is 39.7 Å². The number of carbonyl (C=O) groups excluding carboxylic acids is 2. The maximum atomic E-state index is 12.4. The van der Waals surface area contributed by atoms with E-state index in [0.29, 0.717) is 22.3 Å². The average Bonchev–Trinajstić information content (AvgIpc) is 3.20. The second-order valence-corrected chi connectivity index (χ2v) is 7.27. The molecule has 3 rings (SSSR count). The van der Waals surface area contributed by atoms with Crippen LogP contribution in [0.3, 0.4) is 0 Å². The summed E-state index contributed by atoms with van der Waals surface area (Å²) in [6.45, 7) is 2.77. The van der Waals surface area contributed by atoms with Gasteiger partial charge in [-0.1, -0.05) is 18.2 Å². The van der Waals surface area contributed by atoms with E-state index in [1.165, 1.54) is 55.4 Å². The quantitative estimate of drug-likeness (QED) is 0.303. The number of hydrogen-bond donors (Lipinski definition) is 0. The van der Waals surface area contributed by atoms with Gasteiger partial charge in [0.2, 0.25) is 5.91 Å². The van der Waals surface area contributed by atoms with Gasteiger partial charge in [0.05, 0.1) is 29.0 Å². The lowest BCUT2D eigenvalue weighted by molar-refractivity contribution is -0.385. The van der Waals surface area contributed by atoms with Crippen LogP contribution in [0.1, 0.15) is 28.5 Å². The molecule has 0 fully saturated rings. The van der Waals surface area contributed by atoms with Crippen molar-refractivity contribution in [2.75, 3.05) is 12.0 Å². The molecule has 0 atom stereocenters. The molecule has 1 aromatic heterocycles. The number of nitro benzene ring substituents is 1. The van der Waals surface area contributed by atoms with Gasteiger partial charge in [-0.25, -0.2) is 9.78 Å². The molecular formula is C21H19N3O6S. The van der Waals surface area contributed by atoms with Gasteiger partial charge in [-0.15, -0.1) is 11.3 Å². The second kappa shape index (κ2) is 9.35.